The summed E-state index contributed by atoms with van der Waals surface area (Å²) in [5, 5.41) is 3.54. The summed E-state index contributed by atoms with van der Waals surface area (Å²) in [5.74, 6) is 1.92. The molecule has 0 radical (unpaired) electrons. The fraction of sp³-hybridized carbons (Fsp3) is 0.588. The van der Waals surface area contributed by atoms with Crippen molar-refractivity contribution in [2.75, 3.05) is 13.7 Å². The Kier molecular flexibility index (Phi) is 10.5. The lowest BCUT2D eigenvalue weighted by atomic mass is 9.97. The maximum atomic E-state index is 9.22. The van der Waals surface area contributed by atoms with E-state index in [9.17, 15) is 13.0 Å². The largest absolute Gasteiger partial charge is 0.726 e. The van der Waals surface area contributed by atoms with Crippen LogP contribution in [0.2, 0.25) is 0 Å². The molecule has 0 spiro atoms. The van der Waals surface area contributed by atoms with Crippen LogP contribution in [0.15, 0.2) is 38.0 Å². The Bertz CT molecular complexity index is 555. The topological polar surface area (TPSA) is 81.5 Å². The molecule has 0 amide bonds. The molecule has 24 heavy (non-hydrogen) atoms. The Morgan fingerprint density at radius 2 is 1.83 bits per heavy atom. The van der Waals surface area contributed by atoms with Crippen molar-refractivity contribution in [1.29, 1.82) is 0 Å². The minimum Gasteiger partial charge on any atom is -0.726 e. The highest BCUT2D eigenvalue weighted by Gasteiger charge is 2.36. The molecule has 0 fully saturated rings. The van der Waals surface area contributed by atoms with Crippen LogP contribution < -0.4 is 5.32 Å². The van der Waals surface area contributed by atoms with Crippen molar-refractivity contribution in [2.24, 2.45) is 5.92 Å². The molecule has 0 aliphatic carbocycles. The molecule has 3 atom stereocenters. The summed E-state index contributed by atoms with van der Waals surface area (Å²) in [5.41, 5.74) is 0. The van der Waals surface area contributed by atoms with E-state index < -0.39 is 10.4 Å². The standard InChI is InChI=1S/C16H26N2.CH4O4S/c1-6-9-13(4)15-12-17-16(11-8-3)18(15)14(5)10-7-2;1-5-6(2,3)4/h6-8,13-15H,1-3,9-12H2,4-5H3;1H3,(H,2,3,4). The minimum absolute atomic E-state index is 0.490. The third-order valence-corrected chi connectivity index (χ3v) is 4.31. The number of hydrogen-bond donors (Lipinski definition) is 1. The first-order valence-electron chi connectivity index (χ1n) is 7.93. The molecule has 1 aliphatic heterocycles. The molecule has 0 aromatic carbocycles. The second-order valence-electron chi connectivity index (χ2n) is 5.74. The summed E-state index contributed by atoms with van der Waals surface area (Å²) < 4.78 is 33.5. The van der Waals surface area contributed by atoms with Crippen LogP contribution in [0, 0.1) is 5.92 Å². The van der Waals surface area contributed by atoms with E-state index in [-0.39, 0.29) is 0 Å². The van der Waals surface area contributed by atoms with E-state index in [4.69, 9.17) is 0 Å². The highest BCUT2D eigenvalue weighted by atomic mass is 32.3. The summed E-state index contributed by atoms with van der Waals surface area (Å²) in [4.78, 5) is 0. The quantitative estimate of drug-likeness (QED) is 0.296. The van der Waals surface area contributed by atoms with E-state index in [1.165, 1.54) is 5.84 Å². The average Bonchev–Trinajstić information content (AvgIpc) is 2.92. The Morgan fingerprint density at radius 3 is 2.25 bits per heavy atom. The molecule has 0 bridgehead atoms. The Morgan fingerprint density at radius 1 is 1.29 bits per heavy atom. The fourth-order valence-electron chi connectivity index (χ4n) is 2.77. The van der Waals surface area contributed by atoms with Gasteiger partial charge in [-0.15, -0.1) is 19.7 Å². The maximum Gasteiger partial charge on any atom is 0.249 e. The van der Waals surface area contributed by atoms with Gasteiger partial charge in [0.15, 0.2) is 0 Å². The van der Waals surface area contributed by atoms with E-state index in [0.29, 0.717) is 18.0 Å². The van der Waals surface area contributed by atoms with Crippen LogP contribution in [0.3, 0.4) is 0 Å². The molecule has 1 heterocycles. The molecular weight excluding hydrogens is 328 g/mol. The summed E-state index contributed by atoms with van der Waals surface area (Å²) in [7, 11) is -3.60. The molecule has 6 nitrogen and oxygen atoms in total. The third kappa shape index (κ3) is 7.90. The molecule has 1 aliphatic rings. The van der Waals surface area contributed by atoms with Gasteiger partial charge in [-0.05, 0) is 13.3 Å². The van der Waals surface area contributed by atoms with Crippen LogP contribution in [0.25, 0.3) is 0 Å². The zero-order valence-corrected chi connectivity index (χ0v) is 15.7. The highest BCUT2D eigenvalue weighted by Crippen LogP contribution is 2.19. The van der Waals surface area contributed by atoms with Crippen molar-refractivity contribution in [3.05, 3.63) is 38.0 Å². The first-order valence-corrected chi connectivity index (χ1v) is 9.27. The van der Waals surface area contributed by atoms with Gasteiger partial charge in [-0.3, -0.25) is 14.1 Å². The molecule has 1 N–H and O–H groups in total. The molecule has 7 heteroatoms. The molecule has 3 unspecified atom stereocenters. The van der Waals surface area contributed by atoms with Gasteiger partial charge in [-0.25, -0.2) is 8.42 Å². The molecule has 0 saturated carbocycles. The van der Waals surface area contributed by atoms with Crippen molar-refractivity contribution >= 4 is 16.2 Å². The van der Waals surface area contributed by atoms with Gasteiger partial charge in [0.25, 0.3) is 0 Å². The Balaban J connectivity index is 0.000000754. The molecule has 1 rings (SSSR count). The second kappa shape index (κ2) is 11.2. The number of nitrogens with zero attached hydrogens (tertiary/aromatic N) is 1. The van der Waals surface area contributed by atoms with Crippen LogP contribution in [-0.4, -0.2) is 49.1 Å². The van der Waals surface area contributed by atoms with E-state index in [1.54, 1.807) is 0 Å². The molecule has 0 aromatic rings. The SMILES string of the molecule is C=CCC1=[N+](C(C)CC=C)C(C(C)CC=C)CN1.COS(=O)(=O)[O-]. The van der Waals surface area contributed by atoms with Crippen molar-refractivity contribution in [1.82, 2.24) is 5.32 Å². The molecular formula is C17H30N2O4S. The van der Waals surface area contributed by atoms with Gasteiger partial charge >= 0.3 is 0 Å². The van der Waals surface area contributed by atoms with Crippen LogP contribution >= 0.6 is 0 Å². The summed E-state index contributed by atoms with van der Waals surface area (Å²) in [6, 6.07) is 1.04. The maximum absolute atomic E-state index is 9.22. The lowest BCUT2D eigenvalue weighted by Gasteiger charge is -2.22. The van der Waals surface area contributed by atoms with Crippen molar-refractivity contribution in [3.63, 3.8) is 0 Å². The van der Waals surface area contributed by atoms with Gasteiger partial charge in [0.2, 0.25) is 16.2 Å². The molecule has 0 saturated heterocycles. The summed E-state index contributed by atoms with van der Waals surface area (Å²) >= 11 is 0. The van der Waals surface area contributed by atoms with Gasteiger partial charge in [0.1, 0.15) is 12.6 Å². The highest BCUT2D eigenvalue weighted by molar-refractivity contribution is 7.80. The smallest absolute Gasteiger partial charge is 0.249 e. The monoisotopic (exact) mass is 358 g/mol. The zero-order valence-electron chi connectivity index (χ0n) is 14.9. The third-order valence-electron chi connectivity index (χ3n) is 3.90. The number of hydrogen-bond acceptors (Lipinski definition) is 5. The van der Waals surface area contributed by atoms with Gasteiger partial charge < -0.3 is 4.55 Å². The van der Waals surface area contributed by atoms with E-state index in [0.717, 1.165) is 32.9 Å². The molecule has 138 valence electrons. The zero-order chi connectivity index (χ0) is 18.8. The number of amidine groups is 1. The number of rotatable bonds is 9. The predicted octanol–water partition coefficient (Wildman–Crippen LogP) is 2.22. The predicted molar refractivity (Wildman–Crippen MR) is 96.8 cm³/mol. The van der Waals surface area contributed by atoms with Crippen molar-refractivity contribution in [2.45, 2.75) is 45.2 Å². The van der Waals surface area contributed by atoms with E-state index >= 15 is 0 Å². The Hall–Kier alpha value is -1.44. The van der Waals surface area contributed by atoms with Crippen LogP contribution in [-0.2, 0) is 14.6 Å². The first-order chi connectivity index (χ1) is 11.2. The van der Waals surface area contributed by atoms with Crippen molar-refractivity contribution in [3.8, 4) is 0 Å². The minimum atomic E-state index is -4.41. The van der Waals surface area contributed by atoms with Gasteiger partial charge in [-0.2, -0.15) is 0 Å². The number of allylic oxidation sites excluding steroid dienone is 1. The normalized spacial score (nSPS) is 19.6. The fourth-order valence-corrected chi connectivity index (χ4v) is 2.77. The van der Waals surface area contributed by atoms with Crippen molar-refractivity contribution < 1.29 is 21.7 Å². The van der Waals surface area contributed by atoms with Crippen LogP contribution in [0.4, 0.5) is 0 Å². The van der Waals surface area contributed by atoms with Crippen LogP contribution in [0.1, 0.15) is 33.1 Å². The number of nitrogens with one attached hydrogen (secondary N) is 1. The van der Waals surface area contributed by atoms with E-state index in [1.807, 2.05) is 18.2 Å². The van der Waals surface area contributed by atoms with Crippen LogP contribution in [0.5, 0.6) is 0 Å². The van der Waals surface area contributed by atoms with Gasteiger partial charge in [0.05, 0.1) is 19.6 Å². The first kappa shape index (κ1) is 22.6. The lowest BCUT2D eigenvalue weighted by Crippen LogP contribution is -2.38. The summed E-state index contributed by atoms with van der Waals surface area (Å²) in [6.07, 6.45) is 8.98. The second-order valence-corrected chi connectivity index (χ2v) is 6.89. The average molecular weight is 359 g/mol. The van der Waals surface area contributed by atoms with Gasteiger partial charge in [0, 0.05) is 12.3 Å². The Labute approximate surface area is 146 Å². The van der Waals surface area contributed by atoms with E-state index in [2.05, 4.69) is 47.7 Å². The summed E-state index contributed by atoms with van der Waals surface area (Å²) in [6.45, 7) is 17.2. The lowest BCUT2D eigenvalue weighted by molar-refractivity contribution is -0.595. The molecule has 0 aromatic heterocycles. The van der Waals surface area contributed by atoms with Gasteiger partial charge in [-0.1, -0.05) is 25.2 Å².